The van der Waals surface area contributed by atoms with Crippen LogP contribution >= 0.6 is 11.6 Å². The van der Waals surface area contributed by atoms with Crippen molar-refractivity contribution in [2.24, 2.45) is 0 Å². The van der Waals surface area contributed by atoms with E-state index >= 15 is 0 Å². The third-order valence-electron chi connectivity index (χ3n) is 4.54. The maximum Gasteiger partial charge on any atom is 0.258 e. The summed E-state index contributed by atoms with van der Waals surface area (Å²) >= 11 is 5.88. The van der Waals surface area contributed by atoms with E-state index in [0.29, 0.717) is 41.0 Å². The molecular formula is C23H24ClNO5. The lowest BCUT2D eigenvalue weighted by atomic mass is 10.2. The van der Waals surface area contributed by atoms with Gasteiger partial charge in [0.25, 0.3) is 5.56 Å². The number of hydrogen-bond donors (Lipinski definition) is 1. The number of pyridine rings is 1. The van der Waals surface area contributed by atoms with Crippen molar-refractivity contribution in [2.45, 2.75) is 26.1 Å². The molecule has 158 valence electrons. The number of aromatic nitrogens is 1. The average Bonchev–Trinajstić information content (AvgIpc) is 2.77. The Hall–Kier alpha value is -2.96. The Bertz CT molecular complexity index is 1030. The van der Waals surface area contributed by atoms with Crippen LogP contribution in [0.5, 0.6) is 17.2 Å². The van der Waals surface area contributed by atoms with E-state index in [1.807, 2.05) is 19.1 Å². The van der Waals surface area contributed by atoms with E-state index in [0.717, 1.165) is 5.56 Å². The third kappa shape index (κ3) is 5.55. The van der Waals surface area contributed by atoms with Crippen LogP contribution in [0.1, 0.15) is 18.9 Å². The summed E-state index contributed by atoms with van der Waals surface area (Å²) in [5.41, 5.74) is 1.35. The normalized spacial score (nSPS) is 11.7. The van der Waals surface area contributed by atoms with Crippen LogP contribution in [-0.4, -0.2) is 29.5 Å². The fourth-order valence-electron chi connectivity index (χ4n) is 2.74. The summed E-state index contributed by atoms with van der Waals surface area (Å²) in [5, 5.41) is 10.3. The minimum absolute atomic E-state index is 0.172. The SMILES string of the molecule is CCC(O)COc1ccc(-n2ccc(OCc3ccc(Cl)cc3)cc2=O)cc1OC. The lowest BCUT2D eigenvalue weighted by molar-refractivity contribution is 0.102. The van der Waals surface area contributed by atoms with Gasteiger partial charge in [-0.15, -0.1) is 0 Å². The number of ether oxygens (including phenoxy) is 3. The Morgan fingerprint density at radius 1 is 1.03 bits per heavy atom. The van der Waals surface area contributed by atoms with Crippen molar-refractivity contribution in [1.29, 1.82) is 0 Å². The van der Waals surface area contributed by atoms with Crippen molar-refractivity contribution >= 4 is 11.6 Å². The summed E-state index contributed by atoms with van der Waals surface area (Å²) in [7, 11) is 1.53. The Morgan fingerprint density at radius 2 is 1.80 bits per heavy atom. The molecule has 1 aromatic heterocycles. The number of hydrogen-bond acceptors (Lipinski definition) is 5. The number of rotatable bonds is 9. The first-order valence-electron chi connectivity index (χ1n) is 9.59. The van der Waals surface area contributed by atoms with Crippen molar-refractivity contribution in [1.82, 2.24) is 4.57 Å². The fourth-order valence-corrected chi connectivity index (χ4v) is 2.87. The number of halogens is 1. The molecule has 1 heterocycles. The zero-order valence-corrected chi connectivity index (χ0v) is 17.6. The molecule has 1 atom stereocenters. The molecule has 2 aromatic carbocycles. The molecule has 30 heavy (non-hydrogen) atoms. The predicted molar refractivity (Wildman–Crippen MR) is 116 cm³/mol. The second kappa shape index (κ2) is 10.2. The quantitative estimate of drug-likeness (QED) is 0.551. The van der Waals surface area contributed by atoms with Gasteiger partial charge in [-0.1, -0.05) is 30.7 Å². The standard InChI is InChI=1S/C23H24ClNO5/c1-3-19(26)15-30-21-9-8-18(12-22(21)28-2)25-11-10-20(13-23(25)27)29-14-16-4-6-17(24)7-5-16/h4-13,19,26H,3,14-15H2,1-2H3. The third-order valence-corrected chi connectivity index (χ3v) is 4.79. The summed E-state index contributed by atoms with van der Waals surface area (Å²) in [6, 6.07) is 15.7. The number of nitrogens with zero attached hydrogens (tertiary/aromatic N) is 1. The van der Waals surface area contributed by atoms with Gasteiger partial charge in [-0.05, 0) is 42.3 Å². The number of methoxy groups -OCH3 is 1. The topological polar surface area (TPSA) is 69.9 Å². The fraction of sp³-hybridized carbons (Fsp3) is 0.261. The van der Waals surface area contributed by atoms with Gasteiger partial charge in [0.2, 0.25) is 0 Å². The molecule has 0 aliphatic heterocycles. The van der Waals surface area contributed by atoms with Crippen LogP contribution in [0.3, 0.4) is 0 Å². The van der Waals surface area contributed by atoms with Gasteiger partial charge in [-0.2, -0.15) is 0 Å². The van der Waals surface area contributed by atoms with E-state index in [4.69, 9.17) is 25.8 Å². The van der Waals surface area contributed by atoms with E-state index in [1.165, 1.54) is 17.7 Å². The Kier molecular flexibility index (Phi) is 7.38. The lowest BCUT2D eigenvalue weighted by Gasteiger charge is -2.15. The highest BCUT2D eigenvalue weighted by Crippen LogP contribution is 2.29. The average molecular weight is 430 g/mol. The zero-order valence-electron chi connectivity index (χ0n) is 16.9. The summed E-state index contributed by atoms with van der Waals surface area (Å²) in [5.74, 6) is 1.46. The maximum absolute atomic E-state index is 12.6. The Balaban J connectivity index is 1.73. The number of aliphatic hydroxyl groups is 1. The molecule has 0 aliphatic carbocycles. The largest absolute Gasteiger partial charge is 0.493 e. The van der Waals surface area contributed by atoms with Crippen molar-refractivity contribution in [2.75, 3.05) is 13.7 Å². The number of benzene rings is 2. The van der Waals surface area contributed by atoms with Crippen LogP contribution in [0.15, 0.2) is 65.6 Å². The molecule has 0 aliphatic rings. The molecule has 0 saturated heterocycles. The van der Waals surface area contributed by atoms with Gasteiger partial charge in [-0.25, -0.2) is 0 Å². The van der Waals surface area contributed by atoms with Gasteiger partial charge in [-0.3, -0.25) is 9.36 Å². The second-order valence-corrected chi connectivity index (χ2v) is 7.13. The van der Waals surface area contributed by atoms with E-state index in [2.05, 4.69) is 0 Å². The second-order valence-electron chi connectivity index (χ2n) is 6.69. The van der Waals surface area contributed by atoms with Gasteiger partial charge in [0.15, 0.2) is 11.5 Å². The van der Waals surface area contributed by atoms with E-state index < -0.39 is 6.10 Å². The summed E-state index contributed by atoms with van der Waals surface area (Å²) in [4.78, 5) is 12.6. The highest BCUT2D eigenvalue weighted by molar-refractivity contribution is 6.30. The van der Waals surface area contributed by atoms with Gasteiger partial charge < -0.3 is 19.3 Å². The molecule has 0 amide bonds. The summed E-state index contributed by atoms with van der Waals surface area (Å²) < 4.78 is 18.2. The minimum atomic E-state index is -0.544. The van der Waals surface area contributed by atoms with Crippen molar-refractivity contribution in [3.8, 4) is 22.9 Å². The molecule has 0 spiro atoms. The van der Waals surface area contributed by atoms with E-state index in [9.17, 15) is 9.90 Å². The van der Waals surface area contributed by atoms with E-state index in [-0.39, 0.29) is 12.2 Å². The summed E-state index contributed by atoms with van der Waals surface area (Å²) in [6.07, 6.45) is 1.70. The van der Waals surface area contributed by atoms with Gasteiger partial charge in [0.1, 0.15) is 19.0 Å². The molecule has 0 radical (unpaired) electrons. The monoisotopic (exact) mass is 429 g/mol. The molecule has 0 bridgehead atoms. The zero-order chi connectivity index (χ0) is 21.5. The van der Waals surface area contributed by atoms with Crippen molar-refractivity contribution < 1.29 is 19.3 Å². The molecule has 6 nitrogen and oxygen atoms in total. The summed E-state index contributed by atoms with van der Waals surface area (Å²) in [6.45, 7) is 2.39. The van der Waals surface area contributed by atoms with Crippen LogP contribution in [0.25, 0.3) is 5.69 Å². The molecule has 3 rings (SSSR count). The highest BCUT2D eigenvalue weighted by Gasteiger charge is 2.10. The first kappa shape index (κ1) is 21.7. The van der Waals surface area contributed by atoms with E-state index in [1.54, 1.807) is 42.6 Å². The van der Waals surface area contributed by atoms with Crippen molar-refractivity contribution in [3.63, 3.8) is 0 Å². The lowest BCUT2D eigenvalue weighted by Crippen LogP contribution is -2.18. The number of aliphatic hydroxyl groups excluding tert-OH is 1. The smallest absolute Gasteiger partial charge is 0.258 e. The van der Waals surface area contributed by atoms with Gasteiger partial charge >= 0.3 is 0 Å². The van der Waals surface area contributed by atoms with Gasteiger partial charge in [0, 0.05) is 23.4 Å². The molecule has 0 fully saturated rings. The van der Waals surface area contributed by atoms with Crippen LogP contribution < -0.4 is 19.8 Å². The predicted octanol–water partition coefficient (Wildman–Crippen LogP) is 4.23. The maximum atomic E-state index is 12.6. The molecule has 0 saturated carbocycles. The molecule has 1 N–H and O–H groups in total. The van der Waals surface area contributed by atoms with Crippen molar-refractivity contribution in [3.05, 3.63) is 81.7 Å². The molecular weight excluding hydrogens is 406 g/mol. The highest BCUT2D eigenvalue weighted by atomic mass is 35.5. The molecule has 7 heteroatoms. The molecule has 1 unspecified atom stereocenters. The van der Waals surface area contributed by atoms with Crippen LogP contribution in [0, 0.1) is 0 Å². The Labute approximate surface area is 180 Å². The van der Waals surface area contributed by atoms with Crippen LogP contribution in [-0.2, 0) is 6.61 Å². The molecule has 3 aromatic rings. The first-order valence-corrected chi connectivity index (χ1v) is 9.97. The minimum Gasteiger partial charge on any atom is -0.493 e. The Morgan fingerprint density at radius 3 is 2.47 bits per heavy atom. The first-order chi connectivity index (χ1) is 14.5. The van der Waals surface area contributed by atoms with Crippen LogP contribution in [0.4, 0.5) is 0 Å². The van der Waals surface area contributed by atoms with Crippen LogP contribution in [0.2, 0.25) is 5.02 Å². The van der Waals surface area contributed by atoms with Gasteiger partial charge in [0.05, 0.1) is 18.9 Å².